The Hall–Kier alpha value is -3.87. The molecule has 0 amide bonds. The van der Waals surface area contributed by atoms with Crippen LogP contribution >= 0.6 is 0 Å². The van der Waals surface area contributed by atoms with Crippen LogP contribution in [0.3, 0.4) is 0 Å². The topological polar surface area (TPSA) is 74.0 Å². The summed E-state index contributed by atoms with van der Waals surface area (Å²) in [6.45, 7) is 3.12. The molecule has 0 bridgehead atoms. The minimum absolute atomic E-state index is 0.104. The molecule has 0 atom stereocenters. The fourth-order valence-corrected chi connectivity index (χ4v) is 3.57. The summed E-state index contributed by atoms with van der Waals surface area (Å²) in [6.07, 6.45) is 1.59. The third-order valence-electron chi connectivity index (χ3n) is 5.12. The molecule has 1 saturated heterocycles. The number of nitro benzene ring substituents is 1. The highest BCUT2D eigenvalue weighted by Crippen LogP contribution is 2.30. The zero-order valence-electron chi connectivity index (χ0n) is 16.5. The number of hydrazone groups is 1. The number of nitrogens with one attached hydrogen (secondary N) is 1. The minimum Gasteiger partial charge on any atom is -0.368 e. The molecule has 3 aromatic rings. The van der Waals surface area contributed by atoms with Gasteiger partial charge in [0.05, 0.1) is 16.8 Å². The first-order chi connectivity index (χ1) is 14.7. The summed E-state index contributed by atoms with van der Waals surface area (Å²) in [5.41, 5.74) is 6.40. The Morgan fingerprint density at radius 3 is 2.17 bits per heavy atom. The second-order valence-corrected chi connectivity index (χ2v) is 7.05. The van der Waals surface area contributed by atoms with Crippen LogP contribution in [-0.4, -0.2) is 37.3 Å². The van der Waals surface area contributed by atoms with E-state index >= 15 is 0 Å². The highest BCUT2D eigenvalue weighted by molar-refractivity contribution is 5.83. The molecule has 1 N–H and O–H groups in total. The van der Waals surface area contributed by atoms with Gasteiger partial charge in [0.25, 0.3) is 5.69 Å². The van der Waals surface area contributed by atoms with Crippen LogP contribution in [0.5, 0.6) is 0 Å². The van der Waals surface area contributed by atoms with E-state index in [0.717, 1.165) is 31.9 Å². The molecule has 1 aliphatic heterocycles. The lowest BCUT2D eigenvalue weighted by molar-refractivity contribution is -0.384. The average Bonchev–Trinajstić information content (AvgIpc) is 2.80. The van der Waals surface area contributed by atoms with Crippen molar-refractivity contribution >= 4 is 29.0 Å². The lowest BCUT2D eigenvalue weighted by Gasteiger charge is -2.37. The van der Waals surface area contributed by atoms with Gasteiger partial charge in [-0.1, -0.05) is 42.5 Å². The first-order valence-corrected chi connectivity index (χ1v) is 9.88. The van der Waals surface area contributed by atoms with E-state index < -0.39 is 0 Å². The maximum Gasteiger partial charge on any atom is 0.293 e. The van der Waals surface area contributed by atoms with E-state index in [1.165, 1.54) is 5.69 Å². The number of piperazine rings is 1. The summed E-state index contributed by atoms with van der Waals surface area (Å²) in [6, 6.07) is 25.1. The molecule has 0 aromatic heterocycles. The van der Waals surface area contributed by atoms with E-state index in [0.29, 0.717) is 11.3 Å². The van der Waals surface area contributed by atoms with Gasteiger partial charge in [0, 0.05) is 43.5 Å². The Bertz CT molecular complexity index is 1020. The molecule has 0 unspecified atom stereocenters. The van der Waals surface area contributed by atoms with Crippen LogP contribution in [0, 0.1) is 10.1 Å². The number of nitro groups is 1. The van der Waals surface area contributed by atoms with E-state index in [4.69, 9.17) is 0 Å². The number of anilines is 3. The number of benzene rings is 3. The summed E-state index contributed by atoms with van der Waals surface area (Å²) < 4.78 is 0. The quantitative estimate of drug-likeness (QED) is 0.377. The van der Waals surface area contributed by atoms with Gasteiger partial charge in [0.15, 0.2) is 0 Å². The van der Waals surface area contributed by atoms with Crippen LogP contribution in [0.4, 0.5) is 22.7 Å². The van der Waals surface area contributed by atoms with Crippen LogP contribution in [0.2, 0.25) is 0 Å². The Kier molecular flexibility index (Phi) is 5.89. The van der Waals surface area contributed by atoms with Crippen molar-refractivity contribution in [1.29, 1.82) is 0 Å². The van der Waals surface area contributed by atoms with E-state index in [-0.39, 0.29) is 10.6 Å². The van der Waals surface area contributed by atoms with Gasteiger partial charge in [-0.15, -0.1) is 0 Å². The van der Waals surface area contributed by atoms with Crippen molar-refractivity contribution in [3.05, 3.63) is 94.5 Å². The standard InChI is InChI=1S/C23H23N5O2/c29-28(30)23-17-19(18-24-25-20-7-3-1-4-8-20)11-12-22(23)27-15-13-26(14-16-27)21-9-5-2-6-10-21/h1-12,17-18,25H,13-16H2/b24-18-. The van der Waals surface area contributed by atoms with Gasteiger partial charge in [-0.3, -0.25) is 15.5 Å². The Balaban J connectivity index is 1.45. The highest BCUT2D eigenvalue weighted by Gasteiger charge is 2.24. The second kappa shape index (κ2) is 9.09. The minimum atomic E-state index is -0.319. The van der Waals surface area contributed by atoms with Gasteiger partial charge in [-0.25, -0.2) is 0 Å². The zero-order chi connectivity index (χ0) is 20.8. The van der Waals surface area contributed by atoms with Crippen LogP contribution in [0.1, 0.15) is 5.56 Å². The molecule has 0 saturated carbocycles. The van der Waals surface area contributed by atoms with Crippen LogP contribution in [-0.2, 0) is 0 Å². The maximum atomic E-state index is 11.7. The fourth-order valence-electron chi connectivity index (χ4n) is 3.57. The molecule has 0 radical (unpaired) electrons. The molecule has 0 spiro atoms. The van der Waals surface area contributed by atoms with Gasteiger partial charge in [0.1, 0.15) is 5.69 Å². The Labute approximate surface area is 175 Å². The van der Waals surface area contributed by atoms with Crippen molar-refractivity contribution in [2.45, 2.75) is 0 Å². The molecule has 7 heteroatoms. The van der Waals surface area contributed by atoms with Crippen LogP contribution < -0.4 is 15.2 Å². The predicted octanol–water partition coefficient (Wildman–Crippen LogP) is 4.37. The molecule has 0 aliphatic carbocycles. The van der Waals surface area contributed by atoms with E-state index in [2.05, 4.69) is 32.5 Å². The first kappa shape index (κ1) is 19.4. The normalized spacial score (nSPS) is 14.1. The fraction of sp³-hybridized carbons (Fsp3) is 0.174. The van der Waals surface area contributed by atoms with Crippen molar-refractivity contribution in [2.75, 3.05) is 41.4 Å². The predicted molar refractivity (Wildman–Crippen MR) is 122 cm³/mol. The monoisotopic (exact) mass is 401 g/mol. The number of hydrogen-bond acceptors (Lipinski definition) is 6. The zero-order valence-corrected chi connectivity index (χ0v) is 16.5. The van der Waals surface area contributed by atoms with Crippen molar-refractivity contribution in [3.63, 3.8) is 0 Å². The van der Waals surface area contributed by atoms with Crippen LogP contribution in [0.25, 0.3) is 0 Å². The second-order valence-electron chi connectivity index (χ2n) is 7.05. The van der Waals surface area contributed by atoms with Gasteiger partial charge < -0.3 is 9.80 Å². The molecular formula is C23H23N5O2. The smallest absolute Gasteiger partial charge is 0.293 e. The molecular weight excluding hydrogens is 378 g/mol. The summed E-state index contributed by atoms with van der Waals surface area (Å²) in [7, 11) is 0. The number of para-hydroxylation sites is 2. The number of hydrogen-bond donors (Lipinski definition) is 1. The third-order valence-corrected chi connectivity index (χ3v) is 5.12. The lowest BCUT2D eigenvalue weighted by Crippen LogP contribution is -2.46. The largest absolute Gasteiger partial charge is 0.368 e. The SMILES string of the molecule is O=[N+]([O-])c1cc(/C=N\Nc2ccccc2)ccc1N1CCN(c2ccccc2)CC1. The third kappa shape index (κ3) is 4.57. The van der Waals surface area contributed by atoms with Gasteiger partial charge in [0.2, 0.25) is 0 Å². The summed E-state index contributed by atoms with van der Waals surface area (Å²) in [5, 5.41) is 15.9. The van der Waals surface area contributed by atoms with Crippen molar-refractivity contribution in [3.8, 4) is 0 Å². The van der Waals surface area contributed by atoms with E-state index in [1.54, 1.807) is 12.3 Å². The van der Waals surface area contributed by atoms with Gasteiger partial charge in [-0.05, 0) is 30.3 Å². The Morgan fingerprint density at radius 1 is 0.867 bits per heavy atom. The lowest BCUT2D eigenvalue weighted by atomic mass is 10.1. The molecule has 1 fully saturated rings. The molecule has 4 rings (SSSR count). The molecule has 30 heavy (non-hydrogen) atoms. The highest BCUT2D eigenvalue weighted by atomic mass is 16.6. The molecule has 3 aromatic carbocycles. The average molecular weight is 401 g/mol. The van der Waals surface area contributed by atoms with Gasteiger partial charge >= 0.3 is 0 Å². The van der Waals surface area contributed by atoms with E-state index in [9.17, 15) is 10.1 Å². The van der Waals surface area contributed by atoms with Crippen molar-refractivity contribution < 1.29 is 4.92 Å². The van der Waals surface area contributed by atoms with E-state index in [1.807, 2.05) is 60.7 Å². The van der Waals surface area contributed by atoms with Crippen molar-refractivity contribution in [1.82, 2.24) is 0 Å². The molecule has 1 aliphatic rings. The number of rotatable bonds is 6. The summed E-state index contributed by atoms with van der Waals surface area (Å²) in [4.78, 5) is 15.8. The van der Waals surface area contributed by atoms with Crippen LogP contribution in [0.15, 0.2) is 84.0 Å². The van der Waals surface area contributed by atoms with Crippen molar-refractivity contribution in [2.24, 2.45) is 5.10 Å². The maximum absolute atomic E-state index is 11.7. The molecule has 1 heterocycles. The molecule has 7 nitrogen and oxygen atoms in total. The molecule has 152 valence electrons. The summed E-state index contributed by atoms with van der Waals surface area (Å²) in [5.74, 6) is 0. The summed E-state index contributed by atoms with van der Waals surface area (Å²) >= 11 is 0. The van der Waals surface area contributed by atoms with Gasteiger partial charge in [-0.2, -0.15) is 5.10 Å². The Morgan fingerprint density at radius 2 is 1.50 bits per heavy atom. The first-order valence-electron chi connectivity index (χ1n) is 9.88. The number of nitrogens with zero attached hydrogens (tertiary/aromatic N) is 4.